The number of hydrogen-bond donors (Lipinski definition) is 0. The van der Waals surface area contributed by atoms with Gasteiger partial charge in [0.15, 0.2) is 0 Å². The van der Waals surface area contributed by atoms with Gasteiger partial charge in [-0.2, -0.15) is 0 Å². The third kappa shape index (κ3) is 4.30. The average molecular weight is 462 g/mol. The van der Waals surface area contributed by atoms with Crippen LogP contribution in [0.15, 0.2) is 66.7 Å². The molecule has 0 amide bonds. The van der Waals surface area contributed by atoms with Gasteiger partial charge in [-0.3, -0.25) is 0 Å². The predicted octanol–water partition coefficient (Wildman–Crippen LogP) is 5.65. The van der Waals surface area contributed by atoms with E-state index in [9.17, 15) is 5.41 Å². The molecule has 0 radical (unpaired) electrons. The first kappa shape index (κ1) is 21.3. The predicted molar refractivity (Wildman–Crippen MR) is 117 cm³/mol. The Balaban J connectivity index is 0.00000240. The van der Waals surface area contributed by atoms with Crippen LogP contribution in [0.2, 0.25) is 0 Å². The van der Waals surface area contributed by atoms with Crippen LogP contribution in [0.25, 0.3) is 5.41 Å². The average Bonchev–Trinajstić information content (AvgIpc) is 3.03. The van der Waals surface area contributed by atoms with E-state index in [1.165, 1.54) is 16.7 Å². The fourth-order valence-electron chi connectivity index (χ4n) is 3.97. The Morgan fingerprint density at radius 3 is 2.07 bits per heavy atom. The molecular formula is C24H24N3OZr-. The molecule has 1 heterocycles. The molecule has 0 unspecified atom stereocenters. The van der Waals surface area contributed by atoms with Crippen molar-refractivity contribution in [2.24, 2.45) is 0 Å². The summed E-state index contributed by atoms with van der Waals surface area (Å²) in [6, 6.07) is 21.8. The van der Waals surface area contributed by atoms with E-state index in [2.05, 4.69) is 32.9 Å². The molecule has 146 valence electrons. The van der Waals surface area contributed by atoms with Crippen LogP contribution in [-0.4, -0.2) is 19.0 Å². The second-order valence-electron chi connectivity index (χ2n) is 7.23. The topological polar surface area (TPSA) is 38.0 Å². The van der Waals surface area contributed by atoms with Crippen LogP contribution in [0.4, 0.5) is 11.4 Å². The Morgan fingerprint density at radius 2 is 1.38 bits per heavy atom. The van der Waals surface area contributed by atoms with Crippen LogP contribution in [0, 0.1) is 20.8 Å². The molecule has 1 fully saturated rings. The van der Waals surface area contributed by atoms with Gasteiger partial charge in [0.1, 0.15) is 11.5 Å². The zero-order valence-corrected chi connectivity index (χ0v) is 19.5. The summed E-state index contributed by atoms with van der Waals surface area (Å²) in [5, 5.41) is 11.1. The molecule has 0 atom stereocenters. The monoisotopic (exact) mass is 460 g/mol. The van der Waals surface area contributed by atoms with Gasteiger partial charge in [-0.1, -0.05) is 48.0 Å². The zero-order chi connectivity index (χ0) is 19.7. The number of ether oxygens (including phenoxy) is 1. The van der Waals surface area contributed by atoms with Crippen LogP contribution >= 0.6 is 0 Å². The largest absolute Gasteiger partial charge is 0.457 e. The molecule has 1 aliphatic rings. The van der Waals surface area contributed by atoms with Crippen molar-refractivity contribution in [3.63, 3.8) is 0 Å². The van der Waals surface area contributed by atoms with Crippen molar-refractivity contribution < 1.29 is 30.9 Å². The smallest absolute Gasteiger partial charge is 0.136 e. The summed E-state index contributed by atoms with van der Waals surface area (Å²) < 4.78 is 6.09. The van der Waals surface area contributed by atoms with Gasteiger partial charge in [0.25, 0.3) is 0 Å². The normalized spacial score (nSPS) is 13.4. The minimum absolute atomic E-state index is 0. The molecule has 1 saturated heterocycles. The van der Waals surface area contributed by atoms with Crippen molar-refractivity contribution in [2.45, 2.75) is 20.8 Å². The fraction of sp³-hybridized carbons (Fsp3) is 0.208. The van der Waals surface area contributed by atoms with Gasteiger partial charge in [-0.15, -0.1) is 0 Å². The molecule has 0 saturated carbocycles. The van der Waals surface area contributed by atoms with Crippen LogP contribution in [-0.2, 0) is 26.2 Å². The number of para-hydroxylation sites is 3. The van der Waals surface area contributed by atoms with Gasteiger partial charge in [-0.05, 0) is 74.9 Å². The zero-order valence-electron chi connectivity index (χ0n) is 17.0. The Hall–Kier alpha value is -2.39. The second kappa shape index (κ2) is 8.96. The number of benzene rings is 3. The van der Waals surface area contributed by atoms with Crippen molar-refractivity contribution in [3.05, 3.63) is 88.8 Å². The maximum absolute atomic E-state index is 11.1. The van der Waals surface area contributed by atoms with Gasteiger partial charge in [0.05, 0.1) is 0 Å². The van der Waals surface area contributed by atoms with Crippen LogP contribution in [0.3, 0.4) is 0 Å². The van der Waals surface area contributed by atoms with Crippen molar-refractivity contribution in [1.82, 2.24) is 0 Å². The Bertz CT molecular complexity index is 997. The van der Waals surface area contributed by atoms with Crippen LogP contribution in [0.5, 0.6) is 11.5 Å². The summed E-state index contributed by atoms with van der Waals surface area (Å²) in [6.07, 6.45) is 0. The Kier molecular flexibility index (Phi) is 6.59. The molecule has 0 spiro atoms. The number of nitrogens with zero attached hydrogens (tertiary/aromatic N) is 3. The summed E-state index contributed by atoms with van der Waals surface area (Å²) in [5.74, 6) is 1.73. The summed E-state index contributed by atoms with van der Waals surface area (Å²) in [6.45, 7) is 7.69. The standard InChI is InChI=1S/C24H24N3O.Zr/c1-17-15-18(2)23(19(3)16-17)27-14-13-26(24(27)25)21-11-7-8-12-22(21)28-20-9-5-4-6-10-20;/h4-12,15-16H,13-14H2,1-3H3;/q-1;. The first-order valence-electron chi connectivity index (χ1n) is 9.55. The first-order valence-corrected chi connectivity index (χ1v) is 9.55. The van der Waals surface area contributed by atoms with Gasteiger partial charge >= 0.3 is 0 Å². The Labute approximate surface area is 191 Å². The molecular weight excluding hydrogens is 438 g/mol. The fourth-order valence-corrected chi connectivity index (χ4v) is 3.97. The van der Waals surface area contributed by atoms with Crippen LogP contribution < -0.4 is 14.5 Å². The second-order valence-corrected chi connectivity index (χ2v) is 7.23. The molecule has 0 bridgehead atoms. The number of guanidine groups is 1. The van der Waals surface area contributed by atoms with E-state index in [0.29, 0.717) is 6.54 Å². The summed E-state index contributed by atoms with van der Waals surface area (Å²) in [5.41, 5.74) is 5.50. The summed E-state index contributed by atoms with van der Waals surface area (Å²) in [4.78, 5) is 3.90. The number of aryl methyl sites for hydroxylation is 3. The van der Waals surface area contributed by atoms with Crippen molar-refractivity contribution >= 4 is 17.3 Å². The van der Waals surface area contributed by atoms with Gasteiger partial charge in [-0.25, -0.2) is 0 Å². The van der Waals surface area contributed by atoms with E-state index in [4.69, 9.17) is 4.74 Å². The molecule has 4 nitrogen and oxygen atoms in total. The SMILES string of the molecule is Cc1cc(C)c(N2CCN(c3ccccc3Oc3ccccc3)C2=[N-])c(C)c1.[Zr]. The van der Waals surface area contributed by atoms with Gasteiger partial charge in [0, 0.05) is 37.9 Å². The van der Waals surface area contributed by atoms with E-state index < -0.39 is 0 Å². The van der Waals surface area contributed by atoms with Gasteiger partial charge < -0.3 is 19.9 Å². The van der Waals surface area contributed by atoms with Crippen molar-refractivity contribution in [3.8, 4) is 11.5 Å². The van der Waals surface area contributed by atoms with E-state index in [1.54, 1.807) is 0 Å². The quantitative estimate of drug-likeness (QED) is 0.504. The van der Waals surface area contributed by atoms with Crippen molar-refractivity contribution in [2.75, 3.05) is 22.9 Å². The van der Waals surface area contributed by atoms with E-state index >= 15 is 0 Å². The Morgan fingerprint density at radius 1 is 0.793 bits per heavy atom. The maximum atomic E-state index is 11.1. The summed E-state index contributed by atoms with van der Waals surface area (Å²) >= 11 is 0. The minimum atomic E-state index is 0. The van der Waals surface area contributed by atoms with E-state index in [0.717, 1.165) is 29.4 Å². The molecule has 0 aliphatic carbocycles. The molecule has 29 heavy (non-hydrogen) atoms. The van der Waals surface area contributed by atoms with E-state index in [1.807, 2.05) is 64.4 Å². The molecule has 3 aromatic carbocycles. The number of anilines is 2. The molecule has 1 aliphatic heterocycles. The third-order valence-corrected chi connectivity index (χ3v) is 5.06. The molecule has 0 N–H and O–H groups in total. The third-order valence-electron chi connectivity index (χ3n) is 5.06. The number of hydrogen-bond acceptors (Lipinski definition) is 1. The maximum Gasteiger partial charge on any atom is 0.136 e. The molecule has 3 aromatic rings. The van der Waals surface area contributed by atoms with Gasteiger partial charge in [0.2, 0.25) is 0 Å². The molecule has 0 aromatic heterocycles. The molecule has 5 heteroatoms. The summed E-state index contributed by atoms with van der Waals surface area (Å²) in [7, 11) is 0. The minimum Gasteiger partial charge on any atom is -0.457 e. The number of rotatable bonds is 4. The van der Waals surface area contributed by atoms with E-state index in [-0.39, 0.29) is 32.2 Å². The van der Waals surface area contributed by atoms with Crippen molar-refractivity contribution in [1.29, 1.82) is 0 Å². The van der Waals surface area contributed by atoms with Crippen LogP contribution in [0.1, 0.15) is 16.7 Å². The first-order chi connectivity index (χ1) is 13.5. The molecule has 4 rings (SSSR count).